The molecule has 1 aromatic carbocycles. The molecule has 13 heavy (non-hydrogen) atoms. The Balaban J connectivity index is 2.57. The van der Waals surface area contributed by atoms with Crippen molar-refractivity contribution in [2.75, 3.05) is 20.6 Å². The van der Waals surface area contributed by atoms with E-state index >= 15 is 0 Å². The quantitative estimate of drug-likeness (QED) is 0.748. The normalized spacial score (nSPS) is 13.2. The first-order chi connectivity index (χ1) is 6.24. The van der Waals surface area contributed by atoms with Crippen molar-refractivity contribution >= 4 is 0 Å². The lowest BCUT2D eigenvalue weighted by Crippen LogP contribution is -2.36. The average Bonchev–Trinajstić information content (AvgIpc) is 2.15. The van der Waals surface area contributed by atoms with Crippen molar-refractivity contribution in [2.45, 2.75) is 12.5 Å². The van der Waals surface area contributed by atoms with Gasteiger partial charge in [-0.3, -0.25) is 0 Å². The van der Waals surface area contributed by atoms with E-state index < -0.39 is 0 Å². The molecule has 0 saturated heterocycles. The van der Waals surface area contributed by atoms with Crippen molar-refractivity contribution in [3.8, 4) is 0 Å². The number of nitrogens with zero attached hydrogens (tertiary/aromatic N) is 1. The number of likely N-dealkylation sites (N-methyl/N-ethyl adjacent to an activating group) is 1. The van der Waals surface area contributed by atoms with Gasteiger partial charge in [-0.1, -0.05) is 30.3 Å². The first-order valence-corrected chi connectivity index (χ1v) is 4.64. The second-order valence-corrected chi connectivity index (χ2v) is 3.54. The van der Waals surface area contributed by atoms with Crippen LogP contribution in [0.15, 0.2) is 30.3 Å². The van der Waals surface area contributed by atoms with Gasteiger partial charge in [-0.25, -0.2) is 0 Å². The highest BCUT2D eigenvalue weighted by atomic mass is 15.1. The molecular formula is C11H18N2. The van der Waals surface area contributed by atoms with E-state index in [1.807, 2.05) is 6.07 Å². The van der Waals surface area contributed by atoms with Gasteiger partial charge in [0.05, 0.1) is 0 Å². The van der Waals surface area contributed by atoms with Crippen LogP contribution in [0.5, 0.6) is 0 Å². The Morgan fingerprint density at radius 1 is 1.23 bits per heavy atom. The number of nitrogens with two attached hydrogens (primary N) is 1. The second-order valence-electron chi connectivity index (χ2n) is 3.54. The molecule has 0 heterocycles. The minimum Gasteiger partial charge on any atom is -0.329 e. The summed E-state index contributed by atoms with van der Waals surface area (Å²) in [4.78, 5) is 2.17. The lowest BCUT2D eigenvalue weighted by molar-refractivity contribution is 0.298. The van der Waals surface area contributed by atoms with E-state index in [2.05, 4.69) is 43.3 Å². The molecule has 0 bridgehead atoms. The van der Waals surface area contributed by atoms with Crippen LogP contribution in [-0.4, -0.2) is 31.6 Å². The zero-order valence-corrected chi connectivity index (χ0v) is 8.40. The van der Waals surface area contributed by atoms with Crippen molar-refractivity contribution in [1.29, 1.82) is 0 Å². The Morgan fingerprint density at radius 3 is 2.31 bits per heavy atom. The molecule has 0 spiro atoms. The van der Waals surface area contributed by atoms with Crippen LogP contribution in [-0.2, 0) is 6.42 Å². The van der Waals surface area contributed by atoms with Gasteiger partial charge in [0.1, 0.15) is 0 Å². The van der Waals surface area contributed by atoms with Gasteiger partial charge in [-0.2, -0.15) is 0 Å². The van der Waals surface area contributed by atoms with Crippen LogP contribution in [0.4, 0.5) is 0 Å². The summed E-state index contributed by atoms with van der Waals surface area (Å²) in [7, 11) is 4.14. The lowest BCUT2D eigenvalue weighted by Gasteiger charge is -2.22. The zero-order valence-electron chi connectivity index (χ0n) is 8.40. The van der Waals surface area contributed by atoms with E-state index in [1.54, 1.807) is 0 Å². The van der Waals surface area contributed by atoms with E-state index in [1.165, 1.54) is 5.56 Å². The summed E-state index contributed by atoms with van der Waals surface area (Å²) < 4.78 is 0. The minimum absolute atomic E-state index is 0.447. The summed E-state index contributed by atoms with van der Waals surface area (Å²) in [6.07, 6.45) is 1.03. The summed E-state index contributed by atoms with van der Waals surface area (Å²) in [6, 6.07) is 10.9. The molecule has 2 heteroatoms. The molecule has 0 fully saturated rings. The largest absolute Gasteiger partial charge is 0.329 e. The molecule has 1 atom stereocenters. The predicted octanol–water partition coefficient (Wildman–Crippen LogP) is 1.12. The highest BCUT2D eigenvalue weighted by Crippen LogP contribution is 2.05. The molecule has 0 aliphatic carbocycles. The molecular weight excluding hydrogens is 160 g/mol. The summed E-state index contributed by atoms with van der Waals surface area (Å²) in [5.74, 6) is 0. The fraction of sp³-hybridized carbons (Fsp3) is 0.455. The van der Waals surface area contributed by atoms with Gasteiger partial charge >= 0.3 is 0 Å². The van der Waals surface area contributed by atoms with Crippen LogP contribution in [0.2, 0.25) is 0 Å². The van der Waals surface area contributed by atoms with E-state index in [-0.39, 0.29) is 0 Å². The minimum atomic E-state index is 0.447. The van der Waals surface area contributed by atoms with Gasteiger partial charge in [0.2, 0.25) is 0 Å². The molecule has 0 radical (unpaired) electrons. The zero-order chi connectivity index (χ0) is 9.68. The predicted molar refractivity (Wildman–Crippen MR) is 56.7 cm³/mol. The SMILES string of the molecule is CN(C)[C@@H](CN)Cc1ccccc1. The maximum atomic E-state index is 5.68. The summed E-state index contributed by atoms with van der Waals surface area (Å²) in [5, 5.41) is 0. The van der Waals surface area contributed by atoms with Crippen LogP contribution in [0, 0.1) is 0 Å². The van der Waals surface area contributed by atoms with Crippen molar-refractivity contribution in [3.63, 3.8) is 0 Å². The van der Waals surface area contributed by atoms with Gasteiger partial charge in [-0.15, -0.1) is 0 Å². The highest BCUT2D eigenvalue weighted by molar-refractivity contribution is 5.15. The van der Waals surface area contributed by atoms with Crippen molar-refractivity contribution in [2.24, 2.45) is 5.73 Å². The fourth-order valence-corrected chi connectivity index (χ4v) is 1.36. The Labute approximate surface area is 80.4 Å². The van der Waals surface area contributed by atoms with E-state index in [4.69, 9.17) is 5.73 Å². The monoisotopic (exact) mass is 178 g/mol. The molecule has 72 valence electrons. The molecule has 0 unspecified atom stereocenters. The van der Waals surface area contributed by atoms with Gasteiger partial charge in [-0.05, 0) is 26.1 Å². The maximum Gasteiger partial charge on any atom is 0.0252 e. The first kappa shape index (κ1) is 10.2. The van der Waals surface area contributed by atoms with Crippen LogP contribution >= 0.6 is 0 Å². The first-order valence-electron chi connectivity index (χ1n) is 4.64. The second kappa shape index (κ2) is 5.00. The van der Waals surface area contributed by atoms with E-state index in [0.717, 1.165) is 6.42 Å². The van der Waals surface area contributed by atoms with Gasteiger partial charge in [0.15, 0.2) is 0 Å². The Bertz CT molecular complexity index is 231. The molecule has 0 aliphatic heterocycles. The topological polar surface area (TPSA) is 29.3 Å². The van der Waals surface area contributed by atoms with Gasteiger partial charge < -0.3 is 10.6 Å². The average molecular weight is 178 g/mol. The molecule has 2 nitrogen and oxygen atoms in total. The number of hydrogen-bond acceptors (Lipinski definition) is 2. The molecule has 2 N–H and O–H groups in total. The van der Waals surface area contributed by atoms with Crippen LogP contribution in [0.3, 0.4) is 0 Å². The fourth-order valence-electron chi connectivity index (χ4n) is 1.36. The maximum absolute atomic E-state index is 5.68. The van der Waals surface area contributed by atoms with Crippen LogP contribution in [0.25, 0.3) is 0 Å². The Morgan fingerprint density at radius 2 is 1.85 bits per heavy atom. The van der Waals surface area contributed by atoms with Crippen molar-refractivity contribution in [3.05, 3.63) is 35.9 Å². The molecule has 1 rings (SSSR count). The number of rotatable bonds is 4. The summed E-state index contributed by atoms with van der Waals surface area (Å²) >= 11 is 0. The third-order valence-corrected chi connectivity index (χ3v) is 2.32. The van der Waals surface area contributed by atoms with E-state index in [0.29, 0.717) is 12.6 Å². The molecule has 0 saturated carbocycles. The van der Waals surface area contributed by atoms with Gasteiger partial charge in [0, 0.05) is 12.6 Å². The lowest BCUT2D eigenvalue weighted by atomic mass is 10.1. The Hall–Kier alpha value is -0.860. The third kappa shape index (κ3) is 3.17. The molecule has 0 aromatic heterocycles. The standard InChI is InChI=1S/C11H18N2/c1-13(2)11(9-12)8-10-6-4-3-5-7-10/h3-7,11H,8-9,12H2,1-2H3/t11-/m1/s1. The van der Waals surface area contributed by atoms with Crippen LogP contribution in [0.1, 0.15) is 5.56 Å². The molecule has 1 aromatic rings. The van der Waals surface area contributed by atoms with Crippen LogP contribution < -0.4 is 5.73 Å². The highest BCUT2D eigenvalue weighted by Gasteiger charge is 2.08. The number of benzene rings is 1. The third-order valence-electron chi connectivity index (χ3n) is 2.32. The van der Waals surface area contributed by atoms with Crippen molar-refractivity contribution < 1.29 is 0 Å². The van der Waals surface area contributed by atoms with E-state index in [9.17, 15) is 0 Å². The molecule has 0 aliphatic rings. The summed E-state index contributed by atoms with van der Waals surface area (Å²) in [5.41, 5.74) is 7.03. The molecule has 0 amide bonds. The smallest absolute Gasteiger partial charge is 0.0252 e. The number of hydrogen-bond donors (Lipinski definition) is 1. The van der Waals surface area contributed by atoms with Crippen molar-refractivity contribution in [1.82, 2.24) is 4.90 Å². The summed E-state index contributed by atoms with van der Waals surface area (Å²) in [6.45, 7) is 0.710. The Kier molecular flexibility index (Phi) is 3.93. The van der Waals surface area contributed by atoms with Gasteiger partial charge in [0.25, 0.3) is 0 Å².